The van der Waals surface area contributed by atoms with Gasteiger partial charge < -0.3 is 11.5 Å². The van der Waals surface area contributed by atoms with Gasteiger partial charge in [0.1, 0.15) is 4.32 Å². The lowest BCUT2D eigenvalue weighted by Crippen LogP contribution is -2.46. The molecule has 6 heteroatoms. The third-order valence-electron chi connectivity index (χ3n) is 2.82. The molecule has 0 saturated heterocycles. The summed E-state index contributed by atoms with van der Waals surface area (Å²) in [6.07, 6.45) is 6.39. The van der Waals surface area contributed by atoms with E-state index in [2.05, 4.69) is 22.9 Å². The molecule has 0 rings (SSSR count). The molecular weight excluding hydrogens is 310 g/mol. The molecule has 0 saturated carbocycles. The summed E-state index contributed by atoms with van der Waals surface area (Å²) in [6, 6.07) is -0.814. The molecule has 0 aliphatic heterocycles. The van der Waals surface area contributed by atoms with E-state index >= 15 is 0 Å². The minimum absolute atomic E-state index is 0.375. The van der Waals surface area contributed by atoms with Crippen molar-refractivity contribution in [1.29, 1.82) is 0 Å². The van der Waals surface area contributed by atoms with Gasteiger partial charge in [0.05, 0.1) is 0 Å². The molecule has 5 nitrogen and oxygen atoms in total. The fourth-order valence-corrected chi connectivity index (χ4v) is 1.47. The number of nitrogens with one attached hydrogen (secondary N) is 1. The van der Waals surface area contributed by atoms with Gasteiger partial charge >= 0.3 is 6.03 Å². The summed E-state index contributed by atoms with van der Waals surface area (Å²) in [5.41, 5.74) is 10.1. The van der Waals surface area contributed by atoms with E-state index in [-0.39, 0.29) is 5.91 Å². The average molecular weight is 338 g/mol. The zero-order valence-electron chi connectivity index (χ0n) is 12.3. The van der Waals surface area contributed by atoms with Crippen LogP contribution in [0.2, 0.25) is 0 Å². The van der Waals surface area contributed by atoms with E-state index in [0.717, 1.165) is 6.54 Å². The number of rotatable bonds is 7. The predicted molar refractivity (Wildman–Crippen MR) is 83.2 cm³/mol. The van der Waals surface area contributed by atoms with Crippen LogP contribution < -0.4 is 16.8 Å². The Bertz CT molecular complexity index is 252. The second-order valence-electron chi connectivity index (χ2n) is 4.34. The van der Waals surface area contributed by atoms with Crippen molar-refractivity contribution in [3.63, 3.8) is 0 Å². The highest BCUT2D eigenvalue weighted by atomic mass is 79.9. The molecule has 0 heterocycles. The van der Waals surface area contributed by atoms with Crippen molar-refractivity contribution in [3.8, 4) is 0 Å². The first-order chi connectivity index (χ1) is 8.87. The van der Waals surface area contributed by atoms with E-state index < -0.39 is 10.4 Å². The number of alkyl halides is 1. The van der Waals surface area contributed by atoms with Crippen LogP contribution in [-0.2, 0) is 4.79 Å². The molecule has 19 heavy (non-hydrogen) atoms. The smallest absolute Gasteiger partial charge is 0.318 e. The lowest BCUT2D eigenvalue weighted by Gasteiger charge is -2.21. The summed E-state index contributed by atoms with van der Waals surface area (Å²) in [5, 5.41) is 2.04. The van der Waals surface area contributed by atoms with Crippen LogP contribution in [0.15, 0.2) is 0 Å². The summed E-state index contributed by atoms with van der Waals surface area (Å²) in [5.74, 6) is -0.375. The number of carbonyl (C=O) groups excluding carboxylic acids is 2. The first kappa shape index (κ1) is 20.7. The van der Waals surface area contributed by atoms with Crippen molar-refractivity contribution in [1.82, 2.24) is 5.32 Å². The Hall–Kier alpha value is -0.620. The van der Waals surface area contributed by atoms with Gasteiger partial charge in [0.25, 0.3) is 0 Å². The van der Waals surface area contributed by atoms with Crippen LogP contribution in [0.3, 0.4) is 0 Å². The Morgan fingerprint density at radius 1 is 1.11 bits per heavy atom. The molecule has 0 spiro atoms. The van der Waals surface area contributed by atoms with Crippen LogP contribution in [0.1, 0.15) is 59.3 Å². The van der Waals surface area contributed by atoms with Gasteiger partial charge in [-0.2, -0.15) is 0 Å². The largest absolute Gasteiger partial charge is 0.351 e. The maximum absolute atomic E-state index is 11.3. The molecule has 0 aliphatic carbocycles. The highest BCUT2D eigenvalue weighted by Gasteiger charge is 2.32. The predicted octanol–water partition coefficient (Wildman–Crippen LogP) is 2.66. The number of primary amides is 1. The standard InChI is InChI=1S/C7H13BrN2O2.C6H15N/c1-3-7(8,4-2)5(11)10-6(9)12;1-2-3-4-5-6-7/h3-4H2,1-2H3,(H3,9,10,11,12);2-7H2,1H3. The Kier molecular flexibility index (Phi) is 13.5. The van der Waals surface area contributed by atoms with E-state index in [1.165, 1.54) is 25.7 Å². The van der Waals surface area contributed by atoms with Crippen molar-refractivity contribution >= 4 is 27.9 Å². The molecule has 0 aliphatic rings. The second-order valence-corrected chi connectivity index (χ2v) is 5.86. The zero-order chi connectivity index (χ0) is 15.3. The second kappa shape index (κ2) is 12.4. The highest BCUT2D eigenvalue weighted by Crippen LogP contribution is 2.26. The number of imide groups is 1. The molecule has 0 radical (unpaired) electrons. The van der Waals surface area contributed by atoms with Crippen molar-refractivity contribution in [2.24, 2.45) is 11.5 Å². The van der Waals surface area contributed by atoms with E-state index in [1.807, 2.05) is 19.2 Å². The number of carbonyl (C=O) groups is 2. The molecular formula is C13H28BrN3O2. The van der Waals surface area contributed by atoms with Crippen LogP contribution in [0, 0.1) is 0 Å². The van der Waals surface area contributed by atoms with E-state index in [0.29, 0.717) is 12.8 Å². The van der Waals surface area contributed by atoms with Gasteiger partial charge in [-0.05, 0) is 25.8 Å². The number of unbranched alkanes of at least 4 members (excludes halogenated alkanes) is 3. The highest BCUT2D eigenvalue weighted by molar-refractivity contribution is 9.10. The van der Waals surface area contributed by atoms with E-state index in [1.54, 1.807) is 0 Å². The number of hydrogen-bond acceptors (Lipinski definition) is 3. The molecule has 5 N–H and O–H groups in total. The summed E-state index contributed by atoms with van der Waals surface area (Å²) in [4.78, 5) is 21.6. The van der Waals surface area contributed by atoms with Gasteiger partial charge in [0.2, 0.25) is 5.91 Å². The molecule has 3 amide bonds. The lowest BCUT2D eigenvalue weighted by molar-refractivity contribution is -0.122. The van der Waals surface area contributed by atoms with Gasteiger partial charge in [0, 0.05) is 0 Å². The number of nitrogens with two attached hydrogens (primary N) is 2. The number of amides is 3. The third kappa shape index (κ3) is 10.9. The van der Waals surface area contributed by atoms with Crippen LogP contribution in [0.5, 0.6) is 0 Å². The summed E-state index contributed by atoms with van der Waals surface area (Å²) in [7, 11) is 0. The fourth-order valence-electron chi connectivity index (χ4n) is 1.37. The quantitative estimate of drug-likeness (QED) is 0.492. The van der Waals surface area contributed by atoms with Crippen LogP contribution in [-0.4, -0.2) is 22.8 Å². The molecule has 114 valence electrons. The molecule has 0 aromatic rings. The maximum atomic E-state index is 11.3. The van der Waals surface area contributed by atoms with E-state index in [9.17, 15) is 9.59 Å². The monoisotopic (exact) mass is 337 g/mol. The molecule has 0 bridgehead atoms. The van der Waals surface area contributed by atoms with Crippen molar-refractivity contribution in [3.05, 3.63) is 0 Å². The van der Waals surface area contributed by atoms with E-state index in [4.69, 9.17) is 11.5 Å². The minimum atomic E-state index is -0.814. The maximum Gasteiger partial charge on any atom is 0.318 e. The third-order valence-corrected chi connectivity index (χ3v) is 4.30. The summed E-state index contributed by atoms with van der Waals surface area (Å²) < 4.78 is -0.665. The molecule has 0 unspecified atom stereocenters. The normalized spacial score (nSPS) is 10.4. The van der Waals surface area contributed by atoms with Crippen molar-refractivity contribution < 1.29 is 9.59 Å². The fraction of sp³-hybridized carbons (Fsp3) is 0.846. The van der Waals surface area contributed by atoms with Gasteiger partial charge in [-0.15, -0.1) is 0 Å². The van der Waals surface area contributed by atoms with Crippen LogP contribution >= 0.6 is 15.9 Å². The average Bonchev–Trinajstić information content (AvgIpc) is 2.38. The number of urea groups is 1. The molecule has 0 atom stereocenters. The van der Waals surface area contributed by atoms with Gasteiger partial charge in [0.15, 0.2) is 0 Å². The van der Waals surface area contributed by atoms with Crippen molar-refractivity contribution in [2.75, 3.05) is 6.54 Å². The van der Waals surface area contributed by atoms with Gasteiger partial charge in [-0.3, -0.25) is 10.1 Å². The minimum Gasteiger partial charge on any atom is -0.351 e. The first-order valence-electron chi connectivity index (χ1n) is 6.87. The molecule has 0 aromatic heterocycles. The Labute approximate surface area is 125 Å². The summed E-state index contributed by atoms with van der Waals surface area (Å²) in [6.45, 7) is 6.79. The number of halogens is 1. The first-order valence-corrected chi connectivity index (χ1v) is 7.67. The topological polar surface area (TPSA) is 98.2 Å². The molecule has 0 aromatic carbocycles. The Balaban J connectivity index is 0. The Morgan fingerprint density at radius 3 is 1.95 bits per heavy atom. The van der Waals surface area contributed by atoms with Gasteiger partial charge in [-0.1, -0.05) is 56.0 Å². The lowest BCUT2D eigenvalue weighted by atomic mass is 10.0. The Morgan fingerprint density at radius 2 is 1.63 bits per heavy atom. The zero-order valence-corrected chi connectivity index (χ0v) is 13.9. The van der Waals surface area contributed by atoms with Crippen molar-refractivity contribution in [2.45, 2.75) is 63.6 Å². The SMILES string of the molecule is CCC(Br)(CC)C(=O)NC(N)=O.CCCCCCN. The molecule has 0 fully saturated rings. The number of hydrogen-bond donors (Lipinski definition) is 3. The van der Waals surface area contributed by atoms with Gasteiger partial charge in [-0.25, -0.2) is 4.79 Å². The summed E-state index contributed by atoms with van der Waals surface area (Å²) >= 11 is 3.26. The van der Waals surface area contributed by atoms with Crippen LogP contribution in [0.25, 0.3) is 0 Å². The van der Waals surface area contributed by atoms with Crippen LogP contribution in [0.4, 0.5) is 4.79 Å².